The van der Waals surface area contributed by atoms with Crippen LogP contribution in [-0.4, -0.2) is 80.8 Å². The molecule has 3 amide bonds. The van der Waals surface area contributed by atoms with E-state index in [9.17, 15) is 14.4 Å². The molecule has 294 valence electrons. The van der Waals surface area contributed by atoms with Gasteiger partial charge in [0.25, 0.3) is 0 Å². The summed E-state index contributed by atoms with van der Waals surface area (Å²) < 4.78 is 0. The number of carbonyl (C=O) groups is 3. The number of aromatic amines is 1. The SMILES string of the molecule is Cc1ccc(-c2cc3c(cn2)Sc2ncccc2CN[C@@H](CCCN)C(=O)N[C@@H](CCCCN)C(=O)N(C)[C@@H](CCc2c[nH]c4ccccc24)C(=O)NC3)cn1. The monoisotopic (exact) mass is 776 g/mol. The minimum Gasteiger partial charge on any atom is -0.361 e. The molecule has 0 bridgehead atoms. The number of hydrogen-bond acceptors (Lipinski definition) is 10. The van der Waals surface area contributed by atoms with Crippen LogP contribution in [0.15, 0.2) is 89.3 Å². The molecule has 56 heavy (non-hydrogen) atoms. The van der Waals surface area contributed by atoms with Crippen molar-refractivity contribution in [1.82, 2.24) is 40.8 Å². The van der Waals surface area contributed by atoms with Crippen molar-refractivity contribution in [2.45, 2.75) is 93.0 Å². The molecule has 0 aliphatic carbocycles. The van der Waals surface area contributed by atoms with E-state index < -0.39 is 18.1 Å². The lowest BCUT2D eigenvalue weighted by Crippen LogP contribution is -2.56. The largest absolute Gasteiger partial charge is 0.361 e. The Morgan fingerprint density at radius 1 is 0.839 bits per heavy atom. The summed E-state index contributed by atoms with van der Waals surface area (Å²) in [6.07, 6.45) is 11.0. The lowest BCUT2D eigenvalue weighted by Gasteiger charge is -2.32. The van der Waals surface area contributed by atoms with Crippen molar-refractivity contribution in [1.29, 1.82) is 0 Å². The molecule has 14 heteroatoms. The second-order valence-corrected chi connectivity index (χ2v) is 15.3. The van der Waals surface area contributed by atoms with Crippen molar-refractivity contribution in [3.63, 3.8) is 0 Å². The van der Waals surface area contributed by atoms with Gasteiger partial charge in [-0.15, -0.1) is 0 Å². The first-order valence-electron chi connectivity index (χ1n) is 19.3. The van der Waals surface area contributed by atoms with E-state index in [1.54, 1.807) is 25.6 Å². The first-order chi connectivity index (χ1) is 27.2. The van der Waals surface area contributed by atoms with E-state index in [0.29, 0.717) is 64.6 Å². The van der Waals surface area contributed by atoms with Gasteiger partial charge in [0.2, 0.25) is 17.7 Å². The molecular formula is C42H52N10O3S. The summed E-state index contributed by atoms with van der Waals surface area (Å²) in [6, 6.07) is 15.4. The number of aryl methyl sites for hydroxylation is 2. The van der Waals surface area contributed by atoms with Crippen LogP contribution in [0.1, 0.15) is 60.9 Å². The second kappa shape index (κ2) is 19.6. The van der Waals surface area contributed by atoms with Crippen molar-refractivity contribution < 1.29 is 14.4 Å². The fourth-order valence-corrected chi connectivity index (χ4v) is 7.94. The van der Waals surface area contributed by atoms with Gasteiger partial charge in [-0.1, -0.05) is 36.0 Å². The van der Waals surface area contributed by atoms with E-state index in [0.717, 1.165) is 54.5 Å². The summed E-state index contributed by atoms with van der Waals surface area (Å²) in [6.45, 7) is 3.35. The molecule has 0 spiro atoms. The molecule has 0 saturated carbocycles. The fraction of sp³-hybridized carbons (Fsp3) is 0.381. The third-order valence-corrected chi connectivity index (χ3v) is 11.4. The highest BCUT2D eigenvalue weighted by molar-refractivity contribution is 7.99. The number of aromatic nitrogens is 4. The maximum atomic E-state index is 14.5. The summed E-state index contributed by atoms with van der Waals surface area (Å²) in [7, 11) is 1.65. The number of H-pyrrole nitrogens is 1. The summed E-state index contributed by atoms with van der Waals surface area (Å²) in [5.74, 6) is -0.933. The van der Waals surface area contributed by atoms with Gasteiger partial charge in [0, 0.05) is 72.0 Å². The van der Waals surface area contributed by atoms with Crippen LogP contribution in [-0.2, 0) is 33.9 Å². The van der Waals surface area contributed by atoms with E-state index >= 15 is 0 Å². The molecule has 13 nitrogen and oxygen atoms in total. The van der Waals surface area contributed by atoms with Crippen LogP contribution in [0.5, 0.6) is 0 Å². The first-order valence-corrected chi connectivity index (χ1v) is 20.1. The molecule has 1 aliphatic rings. The highest BCUT2D eigenvalue weighted by atomic mass is 32.2. The van der Waals surface area contributed by atoms with Crippen molar-refractivity contribution in [2.75, 3.05) is 20.1 Å². The average molecular weight is 777 g/mol. The number of para-hydroxylation sites is 1. The average Bonchev–Trinajstić information content (AvgIpc) is 3.63. The Hall–Kier alpha value is -5.15. The van der Waals surface area contributed by atoms with Crippen molar-refractivity contribution in [2.24, 2.45) is 11.5 Å². The zero-order valence-electron chi connectivity index (χ0n) is 32.1. The third-order valence-electron chi connectivity index (χ3n) is 10.3. The highest BCUT2D eigenvalue weighted by Crippen LogP contribution is 2.33. The Kier molecular flexibility index (Phi) is 14.2. The highest BCUT2D eigenvalue weighted by Gasteiger charge is 2.33. The first kappa shape index (κ1) is 40.5. The minimum absolute atomic E-state index is 0.180. The van der Waals surface area contributed by atoms with Crippen LogP contribution >= 0.6 is 11.8 Å². The number of nitrogens with two attached hydrogens (primary N) is 2. The molecule has 3 atom stereocenters. The van der Waals surface area contributed by atoms with Gasteiger partial charge < -0.3 is 37.3 Å². The zero-order valence-corrected chi connectivity index (χ0v) is 32.9. The number of fused-ring (bicyclic) bond motifs is 3. The van der Waals surface area contributed by atoms with Gasteiger partial charge in [0.15, 0.2) is 0 Å². The number of rotatable bonds is 11. The molecule has 0 saturated heterocycles. The molecule has 5 aromatic rings. The molecule has 1 aliphatic heterocycles. The van der Waals surface area contributed by atoms with E-state index in [4.69, 9.17) is 21.4 Å². The topological polar surface area (TPSA) is 197 Å². The quantitative estimate of drug-likeness (QED) is 0.105. The molecule has 8 N–H and O–H groups in total. The van der Waals surface area contributed by atoms with Crippen LogP contribution < -0.4 is 27.4 Å². The minimum atomic E-state index is -0.859. The number of benzene rings is 1. The molecule has 1 aromatic carbocycles. The number of unbranched alkanes of at least 4 members (excludes halogenated alkanes) is 1. The van der Waals surface area contributed by atoms with E-state index in [-0.39, 0.29) is 24.3 Å². The normalized spacial score (nSPS) is 18.5. The van der Waals surface area contributed by atoms with Crippen LogP contribution in [0.4, 0.5) is 0 Å². The number of amides is 3. The number of hydrogen-bond donors (Lipinski definition) is 6. The molecule has 0 radical (unpaired) electrons. The van der Waals surface area contributed by atoms with Crippen molar-refractivity contribution in [3.8, 4) is 11.3 Å². The Morgan fingerprint density at radius 2 is 1.66 bits per heavy atom. The predicted octanol–water partition coefficient (Wildman–Crippen LogP) is 4.38. The zero-order chi connectivity index (χ0) is 39.4. The Labute approximate surface area is 332 Å². The molecular weight excluding hydrogens is 725 g/mol. The number of nitrogens with zero attached hydrogens (tertiary/aromatic N) is 4. The maximum absolute atomic E-state index is 14.5. The van der Waals surface area contributed by atoms with Gasteiger partial charge in [-0.05, 0) is 112 Å². The summed E-state index contributed by atoms with van der Waals surface area (Å²) in [4.78, 5) is 62.6. The molecule has 6 rings (SSSR count). The maximum Gasteiger partial charge on any atom is 0.245 e. The van der Waals surface area contributed by atoms with Crippen molar-refractivity contribution in [3.05, 3.63) is 102 Å². The second-order valence-electron chi connectivity index (χ2n) is 14.2. The predicted molar refractivity (Wildman–Crippen MR) is 219 cm³/mol. The smallest absolute Gasteiger partial charge is 0.245 e. The van der Waals surface area contributed by atoms with Gasteiger partial charge in [0.1, 0.15) is 17.1 Å². The fourth-order valence-electron chi connectivity index (χ4n) is 6.98. The lowest BCUT2D eigenvalue weighted by molar-refractivity contribution is -0.142. The van der Waals surface area contributed by atoms with Crippen LogP contribution in [0.3, 0.4) is 0 Å². The number of likely N-dealkylation sites (N-methyl/N-ethyl adjacent to an activating group) is 1. The third kappa shape index (κ3) is 10.2. The summed E-state index contributed by atoms with van der Waals surface area (Å²) >= 11 is 1.45. The summed E-state index contributed by atoms with van der Waals surface area (Å²) in [5.41, 5.74) is 18.0. The molecule has 5 heterocycles. The van der Waals surface area contributed by atoms with Gasteiger partial charge in [-0.2, -0.15) is 0 Å². The Balaban J connectivity index is 1.39. The summed E-state index contributed by atoms with van der Waals surface area (Å²) in [5, 5.41) is 11.5. The van der Waals surface area contributed by atoms with Crippen LogP contribution in [0.2, 0.25) is 0 Å². The Morgan fingerprint density at radius 3 is 2.46 bits per heavy atom. The number of pyridine rings is 3. The van der Waals surface area contributed by atoms with E-state index in [1.807, 2.05) is 67.7 Å². The van der Waals surface area contributed by atoms with Crippen LogP contribution in [0, 0.1) is 6.92 Å². The molecule has 0 unspecified atom stereocenters. The molecule has 4 aromatic heterocycles. The lowest BCUT2D eigenvalue weighted by atomic mass is 10.0. The molecule has 0 fully saturated rings. The van der Waals surface area contributed by atoms with Crippen molar-refractivity contribution >= 4 is 40.4 Å². The van der Waals surface area contributed by atoms with E-state index in [1.165, 1.54) is 16.7 Å². The van der Waals surface area contributed by atoms with E-state index in [2.05, 4.69) is 25.9 Å². The number of nitrogens with one attached hydrogen (secondary N) is 4. The number of carbonyl (C=O) groups excluding carboxylic acids is 3. The van der Waals surface area contributed by atoms with Gasteiger partial charge >= 0.3 is 0 Å². The van der Waals surface area contributed by atoms with Crippen LogP contribution in [0.25, 0.3) is 22.2 Å². The van der Waals surface area contributed by atoms with Gasteiger partial charge in [0.05, 0.1) is 11.7 Å². The standard InChI is InChI=1S/C42H52N10O3S/c1-27-14-15-29(23-46-27)36-21-31-25-50-40(54)37(17-16-28-22-47-33-11-4-3-10-32(28)33)52(2)42(55)35(12-5-6-18-43)51-39(53)34(13-7-19-44)48-24-30-9-8-20-45-41(30)56-38(31)26-49-36/h3-4,8-11,14-15,20-23,26,34-35,37,47-48H,5-7,12-13,16-19,24-25,43-44H2,1-2H3,(H,50,54)(H,51,53)/t34-,35-,37-/m0/s1. The van der Waals surface area contributed by atoms with Gasteiger partial charge in [-0.3, -0.25) is 24.4 Å². The van der Waals surface area contributed by atoms with Gasteiger partial charge in [-0.25, -0.2) is 4.98 Å². The Bertz CT molecular complexity index is 2110.